The molecule has 0 aliphatic carbocycles. The number of aliphatic hydroxyl groups excluding tert-OH is 1. The molecule has 1 aromatic heterocycles. The van der Waals surface area contributed by atoms with Gasteiger partial charge in [0.05, 0.1) is 5.56 Å². The molecule has 0 saturated heterocycles. The average Bonchev–Trinajstić information content (AvgIpc) is 2.69. The van der Waals surface area contributed by atoms with Crippen molar-refractivity contribution in [2.75, 3.05) is 0 Å². The maximum absolute atomic E-state index is 12.3. The highest BCUT2D eigenvalue weighted by molar-refractivity contribution is 6.03. The fourth-order valence-corrected chi connectivity index (χ4v) is 2.24. The summed E-state index contributed by atoms with van der Waals surface area (Å²) in [5, 5.41) is 12.2. The van der Waals surface area contributed by atoms with E-state index in [0.29, 0.717) is 11.5 Å². The lowest BCUT2D eigenvalue weighted by Crippen LogP contribution is -2.40. The Bertz CT molecular complexity index is 881. The zero-order valence-electron chi connectivity index (χ0n) is 13.7. The van der Waals surface area contributed by atoms with E-state index in [0.717, 1.165) is 0 Å². The second-order valence-corrected chi connectivity index (χ2v) is 5.42. The van der Waals surface area contributed by atoms with Gasteiger partial charge in [-0.2, -0.15) is 0 Å². The molecule has 0 aliphatic rings. The molecule has 130 valence electrons. The Morgan fingerprint density at radius 3 is 2.23 bits per heavy atom. The van der Waals surface area contributed by atoms with Crippen LogP contribution in [0.1, 0.15) is 20.7 Å². The van der Waals surface area contributed by atoms with Crippen LogP contribution in [-0.4, -0.2) is 28.0 Å². The Morgan fingerprint density at radius 1 is 0.885 bits per heavy atom. The Hall–Kier alpha value is -3.51. The summed E-state index contributed by atoms with van der Waals surface area (Å²) < 4.78 is 5.65. The molecule has 0 radical (unpaired) electrons. The van der Waals surface area contributed by atoms with Gasteiger partial charge in [0, 0.05) is 18.0 Å². The average molecular weight is 348 g/mol. The third-order valence-electron chi connectivity index (χ3n) is 3.56. The van der Waals surface area contributed by atoms with Crippen molar-refractivity contribution in [2.24, 2.45) is 0 Å². The zero-order valence-corrected chi connectivity index (χ0v) is 13.7. The van der Waals surface area contributed by atoms with Crippen molar-refractivity contribution in [1.29, 1.82) is 0 Å². The van der Waals surface area contributed by atoms with Crippen molar-refractivity contribution in [3.05, 3.63) is 90.3 Å². The van der Waals surface area contributed by atoms with E-state index in [2.05, 4.69) is 10.3 Å². The van der Waals surface area contributed by atoms with Crippen LogP contribution >= 0.6 is 0 Å². The van der Waals surface area contributed by atoms with E-state index in [1.807, 2.05) is 30.3 Å². The minimum Gasteiger partial charge on any atom is -0.457 e. The smallest absolute Gasteiger partial charge is 0.255 e. The molecule has 1 amide bonds. The molecule has 2 N–H and O–H groups in total. The van der Waals surface area contributed by atoms with Crippen LogP contribution < -0.4 is 10.1 Å². The number of ether oxygens (including phenoxy) is 1. The summed E-state index contributed by atoms with van der Waals surface area (Å²) in [6.45, 7) is 0. The number of amides is 1. The van der Waals surface area contributed by atoms with Crippen molar-refractivity contribution >= 4 is 11.7 Å². The summed E-state index contributed by atoms with van der Waals surface area (Å²) in [4.78, 5) is 28.0. The topological polar surface area (TPSA) is 88.5 Å². The lowest BCUT2D eigenvalue weighted by atomic mass is 10.1. The summed E-state index contributed by atoms with van der Waals surface area (Å²) in [7, 11) is 0. The van der Waals surface area contributed by atoms with Crippen molar-refractivity contribution < 1.29 is 19.4 Å². The lowest BCUT2D eigenvalue weighted by molar-refractivity contribution is 0.0607. The predicted octanol–water partition coefficient (Wildman–Crippen LogP) is 2.81. The monoisotopic (exact) mass is 348 g/mol. The molecular formula is C20H16N2O4. The number of Topliss-reactive ketones (excluding diaryl/α,β-unsaturated/α-hetero) is 1. The Morgan fingerprint density at radius 2 is 1.58 bits per heavy atom. The molecule has 1 atom stereocenters. The van der Waals surface area contributed by atoms with Gasteiger partial charge in [0.15, 0.2) is 6.23 Å². The highest BCUT2D eigenvalue weighted by Crippen LogP contribution is 2.21. The maximum Gasteiger partial charge on any atom is 0.255 e. The number of carbonyl (C=O) groups excluding carboxylic acids is 2. The molecule has 0 saturated carbocycles. The first-order valence-corrected chi connectivity index (χ1v) is 7.89. The standard InChI is InChI=1S/C20H16N2O4/c23-18(20(25)22-19(24)15-5-4-12-21-13-15)14-8-10-17(11-9-14)26-16-6-2-1-3-7-16/h1-13,20,25H,(H,22,24). The minimum atomic E-state index is -1.65. The van der Waals surface area contributed by atoms with E-state index in [4.69, 9.17) is 4.74 Å². The number of nitrogens with one attached hydrogen (secondary N) is 1. The van der Waals surface area contributed by atoms with E-state index in [1.54, 1.807) is 18.2 Å². The molecule has 3 aromatic rings. The van der Waals surface area contributed by atoms with E-state index in [-0.39, 0.29) is 11.1 Å². The van der Waals surface area contributed by atoms with Crippen molar-refractivity contribution in [3.63, 3.8) is 0 Å². The van der Waals surface area contributed by atoms with Crippen molar-refractivity contribution in [2.45, 2.75) is 6.23 Å². The van der Waals surface area contributed by atoms with Gasteiger partial charge in [-0.05, 0) is 48.5 Å². The number of ketones is 1. The van der Waals surface area contributed by atoms with Crippen LogP contribution in [0.3, 0.4) is 0 Å². The molecule has 6 heteroatoms. The Kier molecular flexibility index (Phi) is 5.36. The van der Waals surface area contributed by atoms with E-state index in [1.165, 1.54) is 30.6 Å². The number of rotatable bonds is 6. The number of pyridine rings is 1. The maximum atomic E-state index is 12.3. The SMILES string of the molecule is O=C(NC(O)C(=O)c1ccc(Oc2ccccc2)cc1)c1cccnc1. The van der Waals surface area contributed by atoms with Crippen LogP contribution in [0.4, 0.5) is 0 Å². The number of carbonyl (C=O) groups is 2. The molecule has 3 rings (SSSR count). The summed E-state index contributed by atoms with van der Waals surface area (Å²) in [5.41, 5.74) is 0.510. The van der Waals surface area contributed by atoms with Gasteiger partial charge in [0.1, 0.15) is 11.5 Å². The number of nitrogens with zero attached hydrogens (tertiary/aromatic N) is 1. The first-order chi connectivity index (χ1) is 12.6. The highest BCUT2D eigenvalue weighted by atomic mass is 16.5. The van der Waals surface area contributed by atoms with Crippen LogP contribution in [0.5, 0.6) is 11.5 Å². The summed E-state index contributed by atoms with van der Waals surface area (Å²) in [5.74, 6) is 0.0356. The lowest BCUT2D eigenvalue weighted by Gasteiger charge is -2.12. The number of benzene rings is 2. The van der Waals surface area contributed by atoms with Gasteiger partial charge < -0.3 is 15.2 Å². The zero-order chi connectivity index (χ0) is 18.4. The Balaban J connectivity index is 1.63. The normalized spacial score (nSPS) is 11.4. The second-order valence-electron chi connectivity index (χ2n) is 5.42. The molecule has 0 fully saturated rings. The van der Waals surface area contributed by atoms with E-state index < -0.39 is 17.9 Å². The van der Waals surface area contributed by atoms with Gasteiger partial charge in [-0.3, -0.25) is 14.6 Å². The van der Waals surface area contributed by atoms with Gasteiger partial charge in [0.2, 0.25) is 5.78 Å². The van der Waals surface area contributed by atoms with Crippen molar-refractivity contribution in [1.82, 2.24) is 10.3 Å². The number of aliphatic hydroxyl groups is 1. The van der Waals surface area contributed by atoms with Gasteiger partial charge in [-0.1, -0.05) is 18.2 Å². The van der Waals surface area contributed by atoms with Crippen LogP contribution in [0.15, 0.2) is 79.1 Å². The number of hydrogen-bond donors (Lipinski definition) is 2. The van der Waals surface area contributed by atoms with Gasteiger partial charge in [-0.15, -0.1) is 0 Å². The van der Waals surface area contributed by atoms with Gasteiger partial charge in [0.25, 0.3) is 5.91 Å². The molecule has 1 heterocycles. The second kappa shape index (κ2) is 8.04. The molecule has 0 spiro atoms. The van der Waals surface area contributed by atoms with Crippen LogP contribution in [0.25, 0.3) is 0 Å². The summed E-state index contributed by atoms with van der Waals surface area (Å²) in [6, 6.07) is 18.7. The molecule has 0 bridgehead atoms. The fourth-order valence-electron chi connectivity index (χ4n) is 2.24. The predicted molar refractivity (Wildman–Crippen MR) is 95.0 cm³/mol. The summed E-state index contributed by atoms with van der Waals surface area (Å²) >= 11 is 0. The summed E-state index contributed by atoms with van der Waals surface area (Å²) in [6.07, 6.45) is 1.23. The minimum absolute atomic E-state index is 0.254. The highest BCUT2D eigenvalue weighted by Gasteiger charge is 2.20. The van der Waals surface area contributed by atoms with Crippen molar-refractivity contribution in [3.8, 4) is 11.5 Å². The van der Waals surface area contributed by atoms with Crippen LogP contribution in [-0.2, 0) is 0 Å². The third kappa shape index (κ3) is 4.31. The van der Waals surface area contributed by atoms with E-state index in [9.17, 15) is 14.7 Å². The van der Waals surface area contributed by atoms with Gasteiger partial charge >= 0.3 is 0 Å². The molecule has 0 aliphatic heterocycles. The Labute approximate surface area is 150 Å². The fraction of sp³-hybridized carbons (Fsp3) is 0.0500. The molecule has 6 nitrogen and oxygen atoms in total. The number of hydrogen-bond acceptors (Lipinski definition) is 5. The quantitative estimate of drug-likeness (QED) is 0.528. The van der Waals surface area contributed by atoms with Crippen LogP contribution in [0, 0.1) is 0 Å². The first-order valence-electron chi connectivity index (χ1n) is 7.89. The third-order valence-corrected chi connectivity index (χ3v) is 3.56. The largest absolute Gasteiger partial charge is 0.457 e. The molecular weight excluding hydrogens is 332 g/mol. The number of aromatic nitrogens is 1. The number of para-hydroxylation sites is 1. The molecule has 2 aromatic carbocycles. The molecule has 26 heavy (non-hydrogen) atoms. The van der Waals surface area contributed by atoms with Crippen LogP contribution in [0.2, 0.25) is 0 Å². The van der Waals surface area contributed by atoms with E-state index >= 15 is 0 Å². The first kappa shape index (κ1) is 17.3. The van der Waals surface area contributed by atoms with Gasteiger partial charge in [-0.25, -0.2) is 0 Å². The molecule has 1 unspecified atom stereocenters.